The van der Waals surface area contributed by atoms with E-state index in [1.165, 1.54) is 6.92 Å². The zero-order valence-corrected chi connectivity index (χ0v) is 17.8. The molecule has 1 aliphatic carbocycles. The van der Waals surface area contributed by atoms with Gasteiger partial charge in [0.25, 0.3) is 5.91 Å². The van der Waals surface area contributed by atoms with Gasteiger partial charge in [0.2, 0.25) is 6.04 Å². The Bertz CT molecular complexity index is 1010. The lowest BCUT2D eigenvalue weighted by Gasteiger charge is -2.20. The highest BCUT2D eigenvalue weighted by atomic mass is 16.6. The molecule has 2 amide bonds. The van der Waals surface area contributed by atoms with E-state index in [0.717, 1.165) is 22.3 Å². The predicted molar refractivity (Wildman–Crippen MR) is 115 cm³/mol. The lowest BCUT2D eigenvalue weighted by molar-refractivity contribution is -0.151. The Hall–Kier alpha value is -3.92. The normalized spacial score (nSPS) is 13.8. The number of rotatable bonds is 9. The first-order chi connectivity index (χ1) is 15.9. The zero-order chi connectivity index (χ0) is 24.0. The number of aliphatic hydroxyl groups is 1. The van der Waals surface area contributed by atoms with E-state index in [9.17, 15) is 19.2 Å². The number of ether oxygens (including phenoxy) is 2. The van der Waals surface area contributed by atoms with Crippen LogP contribution in [0.1, 0.15) is 24.0 Å². The summed E-state index contributed by atoms with van der Waals surface area (Å²) in [4.78, 5) is 48.1. The van der Waals surface area contributed by atoms with E-state index in [-0.39, 0.29) is 19.1 Å². The first kappa shape index (κ1) is 23.7. The molecular weight excluding hydrogens is 432 g/mol. The molecule has 0 radical (unpaired) electrons. The van der Waals surface area contributed by atoms with Crippen LogP contribution in [0, 0.1) is 0 Å². The molecule has 0 aliphatic heterocycles. The van der Waals surface area contributed by atoms with Crippen LogP contribution in [0.5, 0.6) is 0 Å². The third-order valence-corrected chi connectivity index (χ3v) is 5.19. The van der Waals surface area contributed by atoms with Gasteiger partial charge in [0, 0.05) is 5.92 Å². The van der Waals surface area contributed by atoms with Gasteiger partial charge in [-0.3, -0.25) is 10.1 Å². The zero-order valence-electron chi connectivity index (χ0n) is 17.8. The number of aliphatic carboxylic acids is 1. The third-order valence-electron chi connectivity index (χ3n) is 5.19. The topological polar surface area (TPSA) is 151 Å². The number of carbonyl (C=O) groups is 4. The fourth-order valence-corrected chi connectivity index (χ4v) is 3.66. The standard InChI is InChI=1S/C23H24N2O8/c1-2-32-22(30)19(20(27)24-18(11-26)21(28)29)25-23(31)33-12-17-15-9-5-3-7-13(15)14-8-4-6-10-16(14)17/h3-10,17-19,26H,2,11-12H2,1H3,(H,24,27)(H,25,31)(H,28,29)/t18-,19?/m0/s1. The maximum Gasteiger partial charge on any atom is 0.408 e. The number of alkyl carbamates (subject to hydrolysis) is 1. The van der Waals surface area contributed by atoms with E-state index < -0.39 is 42.6 Å². The Balaban J connectivity index is 1.70. The van der Waals surface area contributed by atoms with Crippen LogP contribution < -0.4 is 10.6 Å². The molecule has 10 heteroatoms. The van der Waals surface area contributed by atoms with Crippen molar-refractivity contribution in [1.82, 2.24) is 10.6 Å². The Morgan fingerprint density at radius 1 is 0.939 bits per heavy atom. The van der Waals surface area contributed by atoms with Gasteiger partial charge >= 0.3 is 18.0 Å². The number of benzene rings is 2. The molecule has 0 bridgehead atoms. The molecule has 2 aromatic carbocycles. The van der Waals surface area contributed by atoms with E-state index >= 15 is 0 Å². The van der Waals surface area contributed by atoms with Crippen molar-refractivity contribution in [1.29, 1.82) is 0 Å². The molecule has 0 aromatic heterocycles. The van der Waals surface area contributed by atoms with Gasteiger partial charge in [0.1, 0.15) is 12.6 Å². The van der Waals surface area contributed by atoms with Gasteiger partial charge in [0.05, 0.1) is 13.2 Å². The van der Waals surface area contributed by atoms with E-state index in [2.05, 4.69) is 5.32 Å². The van der Waals surface area contributed by atoms with Crippen molar-refractivity contribution in [3.05, 3.63) is 59.7 Å². The molecule has 174 valence electrons. The number of fused-ring (bicyclic) bond motifs is 3. The summed E-state index contributed by atoms with van der Waals surface area (Å²) in [6.45, 7) is 0.484. The van der Waals surface area contributed by atoms with E-state index in [1.54, 1.807) is 0 Å². The van der Waals surface area contributed by atoms with Crippen LogP contribution in [0.2, 0.25) is 0 Å². The van der Waals surface area contributed by atoms with E-state index in [0.29, 0.717) is 0 Å². The highest BCUT2D eigenvalue weighted by Gasteiger charge is 2.34. The van der Waals surface area contributed by atoms with E-state index in [1.807, 2.05) is 53.8 Å². The number of aliphatic hydroxyl groups excluding tert-OH is 1. The van der Waals surface area contributed by atoms with Crippen molar-refractivity contribution in [2.45, 2.75) is 24.9 Å². The summed E-state index contributed by atoms with van der Waals surface area (Å²) in [5.41, 5.74) is 4.04. The highest BCUT2D eigenvalue weighted by molar-refractivity contribution is 6.05. The predicted octanol–water partition coefficient (Wildman–Crippen LogP) is 1.02. The number of hydrogen-bond acceptors (Lipinski definition) is 7. The summed E-state index contributed by atoms with van der Waals surface area (Å²) >= 11 is 0. The smallest absolute Gasteiger partial charge is 0.408 e. The number of carbonyl (C=O) groups excluding carboxylic acids is 3. The SMILES string of the molecule is CCOC(=O)C(NC(=O)OCC1c2ccccc2-c2ccccc21)C(=O)N[C@@H](CO)C(=O)O. The second kappa shape index (κ2) is 10.6. The van der Waals surface area contributed by atoms with E-state index in [4.69, 9.17) is 19.7 Å². The molecule has 0 heterocycles. The summed E-state index contributed by atoms with van der Waals surface area (Å²) in [5.74, 6) is -3.98. The molecule has 0 spiro atoms. The van der Waals surface area contributed by atoms with Gasteiger partial charge in [-0.2, -0.15) is 0 Å². The fourth-order valence-electron chi connectivity index (χ4n) is 3.66. The molecule has 4 N–H and O–H groups in total. The molecule has 0 saturated heterocycles. The summed E-state index contributed by atoms with van der Waals surface area (Å²) < 4.78 is 10.1. The molecule has 1 unspecified atom stereocenters. The Morgan fingerprint density at radius 3 is 2.03 bits per heavy atom. The first-order valence-corrected chi connectivity index (χ1v) is 10.3. The summed E-state index contributed by atoms with van der Waals surface area (Å²) in [6.07, 6.45) is -1.05. The average Bonchev–Trinajstić information content (AvgIpc) is 3.13. The van der Waals surface area contributed by atoms with Crippen molar-refractivity contribution >= 4 is 23.9 Å². The minimum absolute atomic E-state index is 0.0502. The number of esters is 1. The fraction of sp³-hybridized carbons (Fsp3) is 0.304. The number of carboxylic acids is 1. The third kappa shape index (κ3) is 5.29. The largest absolute Gasteiger partial charge is 0.480 e. The van der Waals surface area contributed by atoms with Crippen LogP contribution in [0.3, 0.4) is 0 Å². The van der Waals surface area contributed by atoms with Crippen LogP contribution in [0.25, 0.3) is 11.1 Å². The van der Waals surface area contributed by atoms with Gasteiger partial charge in [-0.25, -0.2) is 14.4 Å². The van der Waals surface area contributed by atoms with Crippen LogP contribution in [0.4, 0.5) is 4.79 Å². The molecule has 2 aromatic rings. The maximum absolute atomic E-state index is 12.4. The molecule has 0 fully saturated rings. The quantitative estimate of drug-likeness (QED) is 0.322. The van der Waals surface area contributed by atoms with Gasteiger partial charge in [-0.15, -0.1) is 0 Å². The highest BCUT2D eigenvalue weighted by Crippen LogP contribution is 2.44. The van der Waals surface area contributed by atoms with Crippen molar-refractivity contribution < 1.29 is 38.9 Å². The summed E-state index contributed by atoms with van der Waals surface area (Å²) in [5, 5.41) is 22.2. The van der Waals surface area contributed by atoms with Crippen LogP contribution in [-0.2, 0) is 23.9 Å². The van der Waals surface area contributed by atoms with Crippen molar-refractivity contribution in [2.24, 2.45) is 0 Å². The monoisotopic (exact) mass is 456 g/mol. The molecule has 2 atom stereocenters. The molecule has 1 aliphatic rings. The lowest BCUT2D eigenvalue weighted by Crippen LogP contribution is -2.56. The number of amides is 2. The molecular formula is C23H24N2O8. The summed E-state index contributed by atoms with van der Waals surface area (Å²) in [7, 11) is 0. The molecule has 10 nitrogen and oxygen atoms in total. The Kier molecular flexibility index (Phi) is 7.62. The molecule has 33 heavy (non-hydrogen) atoms. The van der Waals surface area contributed by atoms with Gasteiger partial charge in [-0.1, -0.05) is 48.5 Å². The Labute approximate surface area is 189 Å². The lowest BCUT2D eigenvalue weighted by atomic mass is 9.98. The first-order valence-electron chi connectivity index (χ1n) is 10.3. The number of carboxylic acid groups (broad SMARTS) is 1. The summed E-state index contributed by atoms with van der Waals surface area (Å²) in [6, 6.07) is 12.0. The second-order valence-corrected chi connectivity index (χ2v) is 7.24. The molecule has 0 saturated carbocycles. The van der Waals surface area contributed by atoms with Crippen LogP contribution in [0.15, 0.2) is 48.5 Å². The molecule has 3 rings (SSSR count). The number of hydrogen-bond donors (Lipinski definition) is 4. The maximum atomic E-state index is 12.4. The van der Waals surface area contributed by atoms with Crippen molar-refractivity contribution in [3.63, 3.8) is 0 Å². The van der Waals surface area contributed by atoms with Crippen LogP contribution >= 0.6 is 0 Å². The second-order valence-electron chi connectivity index (χ2n) is 7.24. The van der Waals surface area contributed by atoms with Crippen LogP contribution in [-0.4, -0.2) is 66.1 Å². The minimum atomic E-state index is -1.85. The van der Waals surface area contributed by atoms with Gasteiger partial charge in [-0.05, 0) is 29.2 Å². The van der Waals surface area contributed by atoms with Gasteiger partial charge in [0.15, 0.2) is 0 Å². The number of nitrogens with one attached hydrogen (secondary N) is 2. The average molecular weight is 456 g/mol. The van der Waals surface area contributed by atoms with Crippen molar-refractivity contribution in [2.75, 3.05) is 19.8 Å². The van der Waals surface area contributed by atoms with Crippen molar-refractivity contribution in [3.8, 4) is 11.1 Å². The minimum Gasteiger partial charge on any atom is -0.480 e. The Morgan fingerprint density at radius 2 is 1.52 bits per heavy atom. The van der Waals surface area contributed by atoms with Gasteiger partial charge < -0.3 is 25.0 Å².